The lowest BCUT2D eigenvalue weighted by Crippen LogP contribution is -2.47. The van der Waals surface area contributed by atoms with Crippen molar-refractivity contribution in [1.29, 1.82) is 0 Å². The molecule has 8 nitrogen and oxygen atoms in total. The number of alkyl halides is 3. The van der Waals surface area contributed by atoms with Crippen molar-refractivity contribution < 1.29 is 45.8 Å². The van der Waals surface area contributed by atoms with Crippen LogP contribution in [0.2, 0.25) is 0 Å². The Morgan fingerprint density at radius 3 is 2.13 bits per heavy atom. The smallest absolute Gasteiger partial charge is 0.417 e. The predicted molar refractivity (Wildman–Crippen MR) is 166 cm³/mol. The fraction of sp³-hybridized carbons (Fsp3) is 0.647. The molecule has 1 fully saturated rings. The second-order valence-electron chi connectivity index (χ2n) is 12.6. The molecule has 1 unspecified atom stereocenters. The first-order valence-corrected chi connectivity index (χ1v) is 16.5. The van der Waals surface area contributed by atoms with Crippen molar-refractivity contribution in [1.82, 2.24) is 5.32 Å². The van der Waals surface area contributed by atoms with E-state index < -0.39 is 65.0 Å². The van der Waals surface area contributed by atoms with Crippen molar-refractivity contribution in [3.63, 3.8) is 0 Å². The second-order valence-corrected chi connectivity index (χ2v) is 12.6. The predicted octanol–water partition coefficient (Wildman–Crippen LogP) is 7.64. The fourth-order valence-electron chi connectivity index (χ4n) is 6.15. The van der Waals surface area contributed by atoms with E-state index in [2.05, 4.69) is 12.2 Å². The maximum atomic E-state index is 15.2. The summed E-state index contributed by atoms with van der Waals surface area (Å²) in [6.07, 6.45) is 9.41. The Morgan fingerprint density at radius 2 is 1.57 bits per heavy atom. The summed E-state index contributed by atoms with van der Waals surface area (Å²) in [4.78, 5) is 37.0. The number of hydrogen-bond donors (Lipinski definition) is 2. The average Bonchev–Trinajstić information content (AvgIpc) is 3.29. The number of nitrogens with two attached hydrogens (primary N) is 1. The van der Waals surface area contributed by atoms with Crippen LogP contribution in [0.5, 0.6) is 5.75 Å². The Morgan fingerprint density at radius 1 is 1.00 bits per heavy atom. The standard InChI is InChI=1S/C34H46F5N3O5/c1-4-5-6-7-8-9-10-11-12-13-14-15-20-46-29-24(16-17-25(35)28(29)36)27-22(2)33(3,34(37,38)39)47-30(27)32(44)41-23-18-19-42(45)26(21-23)31(40)43/h16-19,21-22,26-27,30H,4-15,20H2,1-3H3,(H2-,40,41,43,44)/p+1/t22-,26?,27+,30-,33-/m1/s1. The van der Waals surface area contributed by atoms with Crippen molar-refractivity contribution in [2.75, 3.05) is 6.61 Å². The number of ether oxygens (including phenoxy) is 2. The molecule has 0 saturated carbocycles. The molecule has 13 heteroatoms. The normalized spacial score (nSPS) is 24.3. The Bertz CT molecular complexity index is 1320. The van der Waals surface area contributed by atoms with Gasteiger partial charge in [-0.1, -0.05) is 90.5 Å². The summed E-state index contributed by atoms with van der Waals surface area (Å²) in [6, 6.07) is 0.432. The summed E-state index contributed by atoms with van der Waals surface area (Å²) in [5.74, 6) is -8.10. The molecule has 3 rings (SSSR count). The maximum absolute atomic E-state index is 15.2. The van der Waals surface area contributed by atoms with Gasteiger partial charge in [-0.3, -0.25) is 9.59 Å². The van der Waals surface area contributed by atoms with Crippen molar-refractivity contribution in [2.45, 2.75) is 128 Å². The molecule has 0 aromatic heterocycles. The number of nitroso groups, excluding NO2 is 1. The minimum atomic E-state index is -4.93. The number of unbranched alkanes of at least 4 members (excludes halogenated alkanes) is 11. The summed E-state index contributed by atoms with van der Waals surface area (Å²) in [6.45, 7) is 4.21. The van der Waals surface area contributed by atoms with Crippen LogP contribution in [0.25, 0.3) is 0 Å². The van der Waals surface area contributed by atoms with Gasteiger partial charge in [0.2, 0.25) is 12.0 Å². The van der Waals surface area contributed by atoms with Gasteiger partial charge in [0, 0.05) is 39.2 Å². The number of hydrogen-bond acceptors (Lipinski definition) is 5. The molecule has 0 spiro atoms. The van der Waals surface area contributed by atoms with Gasteiger partial charge in [-0.25, -0.2) is 4.39 Å². The lowest BCUT2D eigenvalue weighted by molar-refractivity contribution is -0.495. The van der Waals surface area contributed by atoms with E-state index >= 15 is 4.39 Å². The highest BCUT2D eigenvalue weighted by atomic mass is 19.4. The number of benzene rings is 1. The third kappa shape index (κ3) is 9.61. The molecule has 0 bridgehead atoms. The molecule has 1 aromatic rings. The van der Waals surface area contributed by atoms with E-state index in [9.17, 15) is 32.1 Å². The summed E-state index contributed by atoms with van der Waals surface area (Å²) >= 11 is 0. The molecule has 5 atom stereocenters. The summed E-state index contributed by atoms with van der Waals surface area (Å²) in [5.41, 5.74) is 2.17. The van der Waals surface area contributed by atoms with Gasteiger partial charge in [-0.05, 0) is 19.4 Å². The van der Waals surface area contributed by atoms with Crippen LogP contribution >= 0.6 is 0 Å². The molecule has 2 aliphatic rings. The zero-order valence-corrected chi connectivity index (χ0v) is 27.3. The Hall–Kier alpha value is -3.35. The van der Waals surface area contributed by atoms with E-state index in [0.717, 1.165) is 63.1 Å². The highest BCUT2D eigenvalue weighted by Gasteiger charge is 2.66. The maximum Gasteiger partial charge on any atom is 0.417 e. The van der Waals surface area contributed by atoms with Crippen LogP contribution in [0.15, 0.2) is 36.2 Å². The molecule has 262 valence electrons. The van der Waals surface area contributed by atoms with Crippen molar-refractivity contribution in [3.05, 3.63) is 58.3 Å². The van der Waals surface area contributed by atoms with Gasteiger partial charge in [0.25, 0.3) is 11.8 Å². The van der Waals surface area contributed by atoms with Gasteiger partial charge in [-0.2, -0.15) is 17.6 Å². The first kappa shape index (κ1) is 38.1. The van der Waals surface area contributed by atoms with Gasteiger partial charge in [0.1, 0.15) is 6.10 Å². The highest BCUT2D eigenvalue weighted by molar-refractivity contribution is 5.86. The van der Waals surface area contributed by atoms with Gasteiger partial charge >= 0.3 is 12.2 Å². The second kappa shape index (κ2) is 17.2. The zero-order chi connectivity index (χ0) is 34.8. The van der Waals surface area contributed by atoms with E-state index in [1.165, 1.54) is 51.9 Å². The van der Waals surface area contributed by atoms with Crippen molar-refractivity contribution in [3.8, 4) is 5.75 Å². The van der Waals surface area contributed by atoms with Crippen LogP contribution < -0.4 is 15.8 Å². The number of halogens is 5. The number of primary amides is 1. The molecule has 0 radical (unpaired) electrons. The number of allylic oxidation sites excluding steroid dienone is 1. The number of nitrogens with zero attached hydrogens (tertiary/aromatic N) is 1. The Kier molecular flexibility index (Phi) is 13.9. The van der Waals surface area contributed by atoms with Crippen LogP contribution in [0.3, 0.4) is 0 Å². The summed E-state index contributed by atoms with van der Waals surface area (Å²) < 4.78 is 84.0. The molecule has 1 aromatic carbocycles. The molecule has 0 aliphatic carbocycles. The van der Waals surface area contributed by atoms with Crippen LogP contribution in [0, 0.1) is 22.5 Å². The molecular weight excluding hydrogens is 625 g/mol. The molecule has 2 amide bonds. The number of nitrogens with one attached hydrogen (secondary N) is 1. The molecule has 2 heterocycles. The van der Waals surface area contributed by atoms with Gasteiger partial charge in [0.05, 0.1) is 12.3 Å². The lowest BCUT2D eigenvalue weighted by atomic mass is 9.77. The van der Waals surface area contributed by atoms with Gasteiger partial charge in [-0.15, -0.1) is 0 Å². The monoisotopic (exact) mass is 672 g/mol. The zero-order valence-electron chi connectivity index (χ0n) is 27.3. The average molecular weight is 673 g/mol. The number of rotatable bonds is 18. The quantitative estimate of drug-likeness (QED) is 0.0946. The van der Waals surface area contributed by atoms with Crippen LogP contribution in [-0.2, 0) is 14.3 Å². The third-order valence-corrected chi connectivity index (χ3v) is 9.18. The SMILES string of the molecule is CCCCCCCCCCCCCCOc1c([C@@H]2[C@@H](C)[C@](C)(C(F)(F)F)O[C@H]2C(=O)NC2=CC(C(N)=O)[N+](=O)C=C2)ccc(F)c1F. The minimum absolute atomic E-state index is 0.00194. The van der Waals surface area contributed by atoms with Crippen LogP contribution in [-0.4, -0.2) is 47.1 Å². The van der Waals surface area contributed by atoms with Crippen molar-refractivity contribution in [2.24, 2.45) is 11.7 Å². The molecule has 1 saturated heterocycles. The summed E-state index contributed by atoms with van der Waals surface area (Å²) in [7, 11) is 0. The largest absolute Gasteiger partial charge is 0.490 e. The fourth-order valence-corrected chi connectivity index (χ4v) is 6.15. The minimum Gasteiger partial charge on any atom is -0.490 e. The first-order valence-electron chi connectivity index (χ1n) is 16.5. The number of amides is 2. The lowest BCUT2D eigenvalue weighted by Gasteiger charge is -2.32. The van der Waals surface area contributed by atoms with E-state index in [-0.39, 0.29) is 22.6 Å². The van der Waals surface area contributed by atoms with E-state index in [0.29, 0.717) is 6.42 Å². The van der Waals surface area contributed by atoms with Crippen LogP contribution in [0.4, 0.5) is 22.0 Å². The Labute approximate surface area is 272 Å². The first-order chi connectivity index (χ1) is 22.2. The topological polar surface area (TPSA) is 111 Å². The Balaban J connectivity index is 1.72. The van der Waals surface area contributed by atoms with E-state index in [1.54, 1.807) is 0 Å². The molecule has 47 heavy (non-hydrogen) atoms. The number of carbonyl (C=O) groups excluding carboxylic acids is 2. The molecule has 3 N–H and O–H groups in total. The van der Waals surface area contributed by atoms with Crippen LogP contribution in [0.1, 0.15) is 109 Å². The summed E-state index contributed by atoms with van der Waals surface area (Å²) in [5, 5.41) is 2.38. The van der Waals surface area contributed by atoms with Crippen molar-refractivity contribution >= 4 is 11.8 Å². The molecular formula is C34H47F5N3O5+. The van der Waals surface area contributed by atoms with Gasteiger partial charge in [0.15, 0.2) is 17.2 Å². The molecule has 2 aliphatic heterocycles. The van der Waals surface area contributed by atoms with E-state index in [4.69, 9.17) is 15.2 Å². The number of carbonyl (C=O) groups is 2. The van der Waals surface area contributed by atoms with E-state index in [1.807, 2.05) is 0 Å². The third-order valence-electron chi connectivity index (χ3n) is 9.18. The van der Waals surface area contributed by atoms with Gasteiger partial charge < -0.3 is 20.5 Å². The highest BCUT2D eigenvalue weighted by Crippen LogP contribution is 2.55.